The predicted octanol–water partition coefficient (Wildman–Crippen LogP) is 1.91. The molecule has 0 unspecified atom stereocenters. The SMILES string of the molecule is O=Cc1ncc2cc(Br)ccn12. The molecule has 0 aliphatic heterocycles. The van der Waals surface area contributed by atoms with E-state index in [2.05, 4.69) is 20.9 Å². The molecule has 0 aliphatic carbocycles. The van der Waals surface area contributed by atoms with Crippen LogP contribution in [-0.2, 0) is 0 Å². The predicted molar refractivity (Wildman–Crippen MR) is 48.3 cm³/mol. The quantitative estimate of drug-likeness (QED) is 0.694. The number of imidazole rings is 1. The van der Waals surface area contributed by atoms with Crippen molar-refractivity contribution in [1.82, 2.24) is 9.38 Å². The Labute approximate surface area is 77.2 Å². The lowest BCUT2D eigenvalue weighted by Gasteiger charge is -1.94. The van der Waals surface area contributed by atoms with Gasteiger partial charge in [-0.2, -0.15) is 0 Å². The molecule has 0 saturated heterocycles. The van der Waals surface area contributed by atoms with Crippen LogP contribution in [0.25, 0.3) is 5.52 Å². The summed E-state index contributed by atoms with van der Waals surface area (Å²) >= 11 is 3.33. The lowest BCUT2D eigenvalue weighted by atomic mass is 10.4. The van der Waals surface area contributed by atoms with E-state index in [9.17, 15) is 4.79 Å². The van der Waals surface area contributed by atoms with E-state index in [4.69, 9.17) is 0 Å². The van der Waals surface area contributed by atoms with Crippen molar-refractivity contribution in [3.63, 3.8) is 0 Å². The van der Waals surface area contributed by atoms with E-state index in [0.29, 0.717) is 5.82 Å². The number of hydrogen-bond donors (Lipinski definition) is 0. The van der Waals surface area contributed by atoms with Crippen LogP contribution in [-0.4, -0.2) is 15.7 Å². The van der Waals surface area contributed by atoms with Crippen LogP contribution < -0.4 is 0 Å². The summed E-state index contributed by atoms with van der Waals surface area (Å²) in [7, 11) is 0. The molecule has 12 heavy (non-hydrogen) atoms. The normalized spacial score (nSPS) is 10.4. The molecule has 2 aromatic heterocycles. The van der Waals surface area contributed by atoms with Gasteiger partial charge in [-0.1, -0.05) is 15.9 Å². The van der Waals surface area contributed by atoms with Gasteiger partial charge in [-0.15, -0.1) is 0 Å². The number of pyridine rings is 1. The molecule has 0 amide bonds. The van der Waals surface area contributed by atoms with E-state index in [0.717, 1.165) is 16.3 Å². The van der Waals surface area contributed by atoms with Crippen LogP contribution in [0.5, 0.6) is 0 Å². The van der Waals surface area contributed by atoms with Crippen molar-refractivity contribution in [3.8, 4) is 0 Å². The molecular formula is C8H5BrN2O. The van der Waals surface area contributed by atoms with Gasteiger partial charge < -0.3 is 0 Å². The highest BCUT2D eigenvalue weighted by Gasteiger charge is 2.00. The monoisotopic (exact) mass is 224 g/mol. The Morgan fingerprint density at radius 2 is 2.42 bits per heavy atom. The number of carbonyl (C=O) groups is 1. The summed E-state index contributed by atoms with van der Waals surface area (Å²) in [4.78, 5) is 14.4. The van der Waals surface area contributed by atoms with Gasteiger partial charge in [0.15, 0.2) is 12.1 Å². The van der Waals surface area contributed by atoms with E-state index in [1.807, 2.05) is 12.1 Å². The number of carbonyl (C=O) groups excluding carboxylic acids is 1. The first-order valence-electron chi connectivity index (χ1n) is 3.39. The van der Waals surface area contributed by atoms with Crippen LogP contribution in [0.15, 0.2) is 29.0 Å². The van der Waals surface area contributed by atoms with Crippen molar-refractivity contribution >= 4 is 27.7 Å². The molecule has 3 nitrogen and oxygen atoms in total. The fourth-order valence-corrected chi connectivity index (χ4v) is 1.43. The number of aldehydes is 1. The number of aromatic nitrogens is 2. The minimum atomic E-state index is 0.428. The molecule has 0 bridgehead atoms. The van der Waals surface area contributed by atoms with Crippen molar-refractivity contribution in [2.75, 3.05) is 0 Å². The highest BCUT2D eigenvalue weighted by molar-refractivity contribution is 9.10. The fraction of sp³-hybridized carbons (Fsp3) is 0. The zero-order valence-electron chi connectivity index (χ0n) is 6.07. The average Bonchev–Trinajstić information content (AvgIpc) is 2.46. The zero-order valence-corrected chi connectivity index (χ0v) is 7.65. The molecule has 2 aromatic rings. The number of nitrogens with zero attached hydrogens (tertiary/aromatic N) is 2. The lowest BCUT2D eigenvalue weighted by Crippen LogP contribution is -1.90. The van der Waals surface area contributed by atoms with Crippen molar-refractivity contribution < 1.29 is 4.79 Å². The van der Waals surface area contributed by atoms with Gasteiger partial charge in [0.2, 0.25) is 0 Å². The van der Waals surface area contributed by atoms with Crippen molar-refractivity contribution in [1.29, 1.82) is 0 Å². The maximum atomic E-state index is 10.5. The zero-order chi connectivity index (χ0) is 8.55. The van der Waals surface area contributed by atoms with E-state index in [-0.39, 0.29) is 0 Å². The minimum absolute atomic E-state index is 0.428. The Kier molecular flexibility index (Phi) is 1.69. The summed E-state index contributed by atoms with van der Waals surface area (Å²) < 4.78 is 2.71. The highest BCUT2D eigenvalue weighted by Crippen LogP contribution is 2.13. The molecular weight excluding hydrogens is 220 g/mol. The molecule has 0 atom stereocenters. The number of halogens is 1. The van der Waals surface area contributed by atoms with Gasteiger partial charge in [0.1, 0.15) is 0 Å². The van der Waals surface area contributed by atoms with E-state index in [1.165, 1.54) is 0 Å². The van der Waals surface area contributed by atoms with Gasteiger partial charge in [-0.25, -0.2) is 4.98 Å². The summed E-state index contributed by atoms with van der Waals surface area (Å²) in [6, 6.07) is 3.77. The van der Waals surface area contributed by atoms with Crippen molar-refractivity contribution in [2.24, 2.45) is 0 Å². The molecule has 2 heterocycles. The van der Waals surface area contributed by atoms with E-state index >= 15 is 0 Å². The molecule has 60 valence electrons. The first kappa shape index (κ1) is 7.49. The first-order valence-corrected chi connectivity index (χ1v) is 4.18. The molecule has 0 fully saturated rings. The third-order valence-electron chi connectivity index (χ3n) is 1.63. The van der Waals surface area contributed by atoms with Crippen LogP contribution >= 0.6 is 15.9 Å². The van der Waals surface area contributed by atoms with Gasteiger partial charge in [-0.3, -0.25) is 9.20 Å². The topological polar surface area (TPSA) is 34.4 Å². The summed E-state index contributed by atoms with van der Waals surface area (Å²) in [5.41, 5.74) is 0.909. The van der Waals surface area contributed by atoms with Crippen LogP contribution in [0.4, 0.5) is 0 Å². The minimum Gasteiger partial charge on any atom is -0.297 e. The van der Waals surface area contributed by atoms with Gasteiger partial charge in [-0.05, 0) is 12.1 Å². The molecule has 0 N–H and O–H groups in total. The smallest absolute Gasteiger partial charge is 0.185 e. The van der Waals surface area contributed by atoms with Crippen LogP contribution in [0.3, 0.4) is 0 Å². The summed E-state index contributed by atoms with van der Waals surface area (Å²) in [6.07, 6.45) is 4.20. The maximum absolute atomic E-state index is 10.5. The van der Waals surface area contributed by atoms with Crippen molar-refractivity contribution in [2.45, 2.75) is 0 Å². The standard InChI is InChI=1S/C8H5BrN2O/c9-6-1-2-11-7(3-6)4-10-8(11)5-12/h1-5H. The number of rotatable bonds is 1. The van der Waals surface area contributed by atoms with Gasteiger partial charge in [0.25, 0.3) is 0 Å². The largest absolute Gasteiger partial charge is 0.297 e. The molecule has 0 radical (unpaired) electrons. The Balaban J connectivity index is 2.81. The molecule has 2 rings (SSSR count). The second-order valence-electron chi connectivity index (χ2n) is 2.37. The highest BCUT2D eigenvalue weighted by atomic mass is 79.9. The summed E-state index contributed by atoms with van der Waals surface area (Å²) in [5, 5.41) is 0. The molecule has 0 aliphatic rings. The Hall–Kier alpha value is -1.16. The third kappa shape index (κ3) is 1.04. The first-order chi connectivity index (χ1) is 5.81. The van der Waals surface area contributed by atoms with Gasteiger partial charge >= 0.3 is 0 Å². The summed E-state index contributed by atoms with van der Waals surface area (Å²) in [5.74, 6) is 0.428. The number of hydrogen-bond acceptors (Lipinski definition) is 2. The van der Waals surface area contributed by atoms with Crippen LogP contribution in [0, 0.1) is 0 Å². The molecule has 4 heteroatoms. The number of fused-ring (bicyclic) bond motifs is 1. The van der Waals surface area contributed by atoms with Crippen molar-refractivity contribution in [3.05, 3.63) is 34.8 Å². The van der Waals surface area contributed by atoms with Crippen LogP contribution in [0.1, 0.15) is 10.6 Å². The fourth-order valence-electron chi connectivity index (χ4n) is 1.08. The molecule has 0 aromatic carbocycles. The van der Waals surface area contributed by atoms with E-state index in [1.54, 1.807) is 16.8 Å². The average molecular weight is 225 g/mol. The van der Waals surface area contributed by atoms with Crippen LogP contribution in [0.2, 0.25) is 0 Å². The summed E-state index contributed by atoms with van der Waals surface area (Å²) in [6.45, 7) is 0. The lowest BCUT2D eigenvalue weighted by molar-refractivity contribution is 0.111. The Bertz CT molecular complexity index is 436. The Morgan fingerprint density at radius 1 is 1.58 bits per heavy atom. The Morgan fingerprint density at radius 3 is 3.17 bits per heavy atom. The molecule has 0 saturated carbocycles. The second-order valence-corrected chi connectivity index (χ2v) is 3.29. The van der Waals surface area contributed by atoms with Gasteiger partial charge in [0, 0.05) is 10.7 Å². The van der Waals surface area contributed by atoms with E-state index < -0.39 is 0 Å². The third-order valence-corrected chi connectivity index (χ3v) is 2.12. The second kappa shape index (κ2) is 2.71. The maximum Gasteiger partial charge on any atom is 0.185 e. The van der Waals surface area contributed by atoms with Gasteiger partial charge in [0.05, 0.1) is 11.7 Å². The molecule has 0 spiro atoms.